The summed E-state index contributed by atoms with van der Waals surface area (Å²) >= 11 is 1.24. The van der Waals surface area contributed by atoms with Crippen molar-refractivity contribution in [3.63, 3.8) is 0 Å². The molecule has 0 aliphatic carbocycles. The number of nitrogens with one attached hydrogen (secondary N) is 1. The Kier molecular flexibility index (Phi) is 5.67. The van der Waals surface area contributed by atoms with Crippen molar-refractivity contribution < 1.29 is 9.72 Å². The van der Waals surface area contributed by atoms with E-state index in [4.69, 9.17) is 0 Å². The molecule has 0 saturated carbocycles. The molecule has 148 valence electrons. The minimum Gasteiger partial charge on any atom is -0.320 e. The smallest absolute Gasteiger partial charge is 0.292 e. The van der Waals surface area contributed by atoms with E-state index >= 15 is 0 Å². The lowest BCUT2D eigenvalue weighted by molar-refractivity contribution is -0.383. The van der Waals surface area contributed by atoms with E-state index in [0.717, 1.165) is 21.9 Å². The number of fused-ring (bicyclic) bond motifs is 1. The van der Waals surface area contributed by atoms with Crippen LogP contribution in [0.1, 0.15) is 0 Å². The first kappa shape index (κ1) is 19.5. The largest absolute Gasteiger partial charge is 0.320 e. The molecule has 0 aliphatic heterocycles. The standard InChI is InChI=1S/C22H16N4O3S/c27-21(24-19-10-3-4-11-20(19)26(28)29)14-30-22-18(12-13-23-25-22)17-9-5-7-15-6-1-2-8-16(15)17/h1-13H,14H2,(H,24,27). The third-order valence-electron chi connectivity index (χ3n) is 4.48. The number of carbonyl (C=O) groups excluding carboxylic acids is 1. The van der Waals surface area contributed by atoms with Gasteiger partial charge in [-0.05, 0) is 28.5 Å². The molecule has 0 atom stereocenters. The molecule has 0 unspecified atom stereocenters. The summed E-state index contributed by atoms with van der Waals surface area (Å²) in [5.41, 5.74) is 1.91. The van der Waals surface area contributed by atoms with Crippen LogP contribution in [0.2, 0.25) is 0 Å². The molecule has 8 heteroatoms. The molecule has 1 heterocycles. The molecule has 0 spiro atoms. The van der Waals surface area contributed by atoms with Crippen LogP contribution in [0.4, 0.5) is 11.4 Å². The zero-order chi connectivity index (χ0) is 20.9. The molecule has 0 aliphatic rings. The highest BCUT2D eigenvalue weighted by molar-refractivity contribution is 8.00. The van der Waals surface area contributed by atoms with Gasteiger partial charge in [0.25, 0.3) is 5.69 Å². The molecule has 4 rings (SSSR count). The number of nitro benzene ring substituents is 1. The number of hydrogen-bond acceptors (Lipinski definition) is 6. The Morgan fingerprint density at radius 1 is 0.967 bits per heavy atom. The zero-order valence-corrected chi connectivity index (χ0v) is 16.5. The van der Waals surface area contributed by atoms with Crippen molar-refractivity contribution in [1.29, 1.82) is 0 Å². The van der Waals surface area contributed by atoms with Gasteiger partial charge < -0.3 is 5.32 Å². The quantitative estimate of drug-likeness (QED) is 0.272. The van der Waals surface area contributed by atoms with Crippen molar-refractivity contribution in [3.8, 4) is 11.1 Å². The third kappa shape index (κ3) is 4.13. The summed E-state index contributed by atoms with van der Waals surface area (Å²) in [6.45, 7) is 0. The summed E-state index contributed by atoms with van der Waals surface area (Å²) in [6, 6.07) is 22.0. The van der Waals surface area contributed by atoms with Crippen LogP contribution in [0.15, 0.2) is 84.0 Å². The van der Waals surface area contributed by atoms with Gasteiger partial charge in [0, 0.05) is 11.6 Å². The molecule has 0 fully saturated rings. The van der Waals surface area contributed by atoms with E-state index in [1.54, 1.807) is 18.3 Å². The van der Waals surface area contributed by atoms with Crippen LogP contribution in [-0.2, 0) is 4.79 Å². The van der Waals surface area contributed by atoms with Gasteiger partial charge in [-0.1, -0.05) is 66.4 Å². The van der Waals surface area contributed by atoms with E-state index < -0.39 is 4.92 Å². The lowest BCUT2D eigenvalue weighted by Crippen LogP contribution is -2.15. The average molecular weight is 416 g/mol. The molecule has 3 aromatic carbocycles. The molecule has 1 aromatic heterocycles. The van der Waals surface area contributed by atoms with Gasteiger partial charge in [0.05, 0.1) is 16.9 Å². The lowest BCUT2D eigenvalue weighted by Gasteiger charge is -2.10. The van der Waals surface area contributed by atoms with Crippen LogP contribution in [-0.4, -0.2) is 26.8 Å². The first-order chi connectivity index (χ1) is 14.6. The van der Waals surface area contributed by atoms with E-state index in [0.29, 0.717) is 5.03 Å². The number of para-hydroxylation sites is 2. The predicted octanol–water partition coefficient (Wildman–Crippen LogP) is 4.94. The van der Waals surface area contributed by atoms with Gasteiger partial charge in [0.2, 0.25) is 5.91 Å². The fraction of sp³-hybridized carbons (Fsp3) is 0.0455. The van der Waals surface area contributed by atoms with Crippen molar-refractivity contribution in [3.05, 3.63) is 89.1 Å². The molecular weight excluding hydrogens is 400 g/mol. The second-order valence-corrected chi connectivity index (χ2v) is 7.35. The number of thioether (sulfide) groups is 1. The van der Waals surface area contributed by atoms with Crippen LogP contribution in [0.25, 0.3) is 21.9 Å². The molecule has 0 saturated heterocycles. The Bertz CT molecular complexity index is 1240. The minimum absolute atomic E-state index is 0.0442. The van der Waals surface area contributed by atoms with E-state index in [1.807, 2.05) is 48.5 Å². The van der Waals surface area contributed by atoms with Crippen LogP contribution in [0, 0.1) is 10.1 Å². The molecule has 4 aromatic rings. The Hall–Kier alpha value is -3.78. The second kappa shape index (κ2) is 8.71. The number of hydrogen-bond donors (Lipinski definition) is 1. The molecule has 1 N–H and O–H groups in total. The second-order valence-electron chi connectivity index (χ2n) is 6.39. The monoisotopic (exact) mass is 416 g/mol. The summed E-state index contributed by atoms with van der Waals surface area (Å²) in [4.78, 5) is 23.0. The SMILES string of the molecule is O=C(CSc1nnccc1-c1cccc2ccccc12)Nc1ccccc1[N+](=O)[O-]. The molecule has 1 amide bonds. The Labute approximate surface area is 176 Å². The number of nitro groups is 1. The fourth-order valence-electron chi connectivity index (χ4n) is 3.15. The number of benzene rings is 3. The highest BCUT2D eigenvalue weighted by Crippen LogP contribution is 2.34. The maximum Gasteiger partial charge on any atom is 0.292 e. The van der Waals surface area contributed by atoms with Crippen molar-refractivity contribution in [2.24, 2.45) is 0 Å². The van der Waals surface area contributed by atoms with Crippen molar-refractivity contribution in [2.75, 3.05) is 11.1 Å². The predicted molar refractivity (Wildman–Crippen MR) is 117 cm³/mol. The van der Waals surface area contributed by atoms with Gasteiger partial charge >= 0.3 is 0 Å². The third-order valence-corrected chi connectivity index (χ3v) is 5.46. The summed E-state index contributed by atoms with van der Waals surface area (Å²) in [5.74, 6) is -0.313. The Morgan fingerprint density at radius 3 is 2.60 bits per heavy atom. The van der Waals surface area contributed by atoms with E-state index in [2.05, 4.69) is 15.5 Å². The summed E-state index contributed by atoms with van der Waals surface area (Å²) < 4.78 is 0. The van der Waals surface area contributed by atoms with Crippen LogP contribution in [0.3, 0.4) is 0 Å². The van der Waals surface area contributed by atoms with Crippen LogP contribution in [0.5, 0.6) is 0 Å². The number of carbonyl (C=O) groups is 1. The number of aromatic nitrogens is 2. The van der Waals surface area contributed by atoms with Crippen molar-refractivity contribution in [2.45, 2.75) is 5.03 Å². The minimum atomic E-state index is -0.524. The number of anilines is 1. The Balaban J connectivity index is 1.56. The molecule has 0 bridgehead atoms. The maximum atomic E-state index is 12.4. The van der Waals surface area contributed by atoms with Gasteiger partial charge in [-0.25, -0.2) is 0 Å². The highest BCUT2D eigenvalue weighted by atomic mass is 32.2. The van der Waals surface area contributed by atoms with Gasteiger partial charge in [-0.2, -0.15) is 5.10 Å². The normalized spacial score (nSPS) is 10.7. The van der Waals surface area contributed by atoms with E-state index in [9.17, 15) is 14.9 Å². The van der Waals surface area contributed by atoms with E-state index in [-0.39, 0.29) is 23.0 Å². The molecule has 7 nitrogen and oxygen atoms in total. The summed E-state index contributed by atoms with van der Waals surface area (Å²) in [6.07, 6.45) is 1.62. The Morgan fingerprint density at radius 2 is 1.73 bits per heavy atom. The first-order valence-corrected chi connectivity index (χ1v) is 10.1. The number of rotatable bonds is 6. The molecular formula is C22H16N4O3S. The first-order valence-electron chi connectivity index (χ1n) is 9.09. The van der Waals surface area contributed by atoms with Crippen molar-refractivity contribution >= 4 is 39.8 Å². The molecule has 0 radical (unpaired) electrons. The number of nitrogens with zero attached hydrogens (tertiary/aromatic N) is 3. The maximum absolute atomic E-state index is 12.4. The van der Waals surface area contributed by atoms with Gasteiger partial charge in [-0.15, -0.1) is 5.10 Å². The van der Waals surface area contributed by atoms with E-state index in [1.165, 1.54) is 23.9 Å². The highest BCUT2D eigenvalue weighted by Gasteiger charge is 2.16. The fourth-order valence-corrected chi connectivity index (χ4v) is 3.93. The summed E-state index contributed by atoms with van der Waals surface area (Å²) in [5, 5.41) is 24.7. The average Bonchev–Trinajstić information content (AvgIpc) is 2.78. The summed E-state index contributed by atoms with van der Waals surface area (Å²) in [7, 11) is 0. The molecule has 30 heavy (non-hydrogen) atoms. The van der Waals surface area contributed by atoms with Gasteiger partial charge in [-0.3, -0.25) is 14.9 Å². The van der Waals surface area contributed by atoms with Gasteiger partial charge in [0.1, 0.15) is 10.7 Å². The lowest BCUT2D eigenvalue weighted by atomic mass is 10.00. The number of amides is 1. The van der Waals surface area contributed by atoms with Gasteiger partial charge in [0.15, 0.2) is 0 Å². The van der Waals surface area contributed by atoms with Crippen LogP contribution < -0.4 is 5.32 Å². The zero-order valence-electron chi connectivity index (χ0n) is 15.7. The van der Waals surface area contributed by atoms with Crippen LogP contribution >= 0.6 is 11.8 Å². The topological polar surface area (TPSA) is 98.0 Å². The van der Waals surface area contributed by atoms with Crippen molar-refractivity contribution in [1.82, 2.24) is 10.2 Å².